The predicted molar refractivity (Wildman–Crippen MR) is 139 cm³/mol. The van der Waals surface area contributed by atoms with E-state index in [0.29, 0.717) is 0 Å². The van der Waals surface area contributed by atoms with Crippen LogP contribution in [-0.4, -0.2) is 114 Å². The summed E-state index contributed by atoms with van der Waals surface area (Å²) in [7, 11) is 0. The number of ether oxygens (including phenoxy) is 4. The fourth-order valence-electron chi connectivity index (χ4n) is 4.79. The standard InChI is InChI=1S/C27H30O15/c1-9-17(31)20(34)22(36)26(39-9)38-8-15-18(32)21(35)23(37)27(41-15)42-25-19(33)16-13(30)6-12(29)7-14(16)40-24(25)10-2-4-11(28)5-3-10/h2-7,9,15,17-18,20-23,26-32,34-37H,8H2,1H3/t9-,15+,17+,18+,20+,21-,22-,23+,26-,27-/m1/s1. The van der Waals surface area contributed by atoms with E-state index in [1.807, 2.05) is 0 Å². The fraction of sp³-hybridized carbons (Fsp3) is 0.444. The summed E-state index contributed by atoms with van der Waals surface area (Å²) in [5, 5.41) is 91.4. The number of phenols is 3. The SMILES string of the molecule is C[C@H]1O[C@@H](OC[C@@H]2O[C@H](Oc3c(-c4ccc(O)cc4)oc4cc(O)cc(O)c4c3=O)[C@@H](O)[C@H](O)[C@H]2O)[C@H](O)[C@@H](O)[C@H]1O. The van der Waals surface area contributed by atoms with Gasteiger partial charge in [0.1, 0.15) is 70.9 Å². The Morgan fingerprint density at radius 2 is 1.40 bits per heavy atom. The highest BCUT2D eigenvalue weighted by Crippen LogP contribution is 2.37. The van der Waals surface area contributed by atoms with Gasteiger partial charge in [-0.3, -0.25) is 4.79 Å². The van der Waals surface area contributed by atoms with Crippen LogP contribution in [0, 0.1) is 0 Å². The molecule has 228 valence electrons. The minimum Gasteiger partial charge on any atom is -0.508 e. The fourth-order valence-corrected chi connectivity index (χ4v) is 4.79. The van der Waals surface area contributed by atoms with Crippen LogP contribution in [0.25, 0.3) is 22.3 Å². The van der Waals surface area contributed by atoms with Crippen molar-refractivity contribution in [2.45, 2.75) is 68.3 Å². The van der Waals surface area contributed by atoms with Gasteiger partial charge in [-0.25, -0.2) is 0 Å². The maximum Gasteiger partial charge on any atom is 0.239 e. The number of hydrogen-bond donors (Lipinski definition) is 9. The van der Waals surface area contributed by atoms with E-state index in [9.17, 15) is 50.8 Å². The molecule has 0 bridgehead atoms. The van der Waals surface area contributed by atoms with Crippen molar-refractivity contribution in [1.29, 1.82) is 0 Å². The van der Waals surface area contributed by atoms with Crippen molar-refractivity contribution in [1.82, 2.24) is 0 Å². The molecule has 0 spiro atoms. The van der Waals surface area contributed by atoms with E-state index in [1.54, 1.807) is 0 Å². The first kappa shape index (κ1) is 30.0. The molecule has 0 radical (unpaired) electrons. The number of aromatic hydroxyl groups is 3. The summed E-state index contributed by atoms with van der Waals surface area (Å²) in [6.45, 7) is 0.866. The third-order valence-electron chi connectivity index (χ3n) is 7.18. The summed E-state index contributed by atoms with van der Waals surface area (Å²) in [6, 6.07) is 7.33. The average Bonchev–Trinajstić information content (AvgIpc) is 2.95. The van der Waals surface area contributed by atoms with Crippen molar-refractivity contribution in [2.75, 3.05) is 6.61 Å². The molecule has 15 nitrogen and oxygen atoms in total. The van der Waals surface area contributed by atoms with E-state index in [2.05, 4.69) is 0 Å². The zero-order valence-electron chi connectivity index (χ0n) is 21.9. The highest BCUT2D eigenvalue weighted by atomic mass is 16.7. The second kappa shape index (κ2) is 11.6. The zero-order chi connectivity index (χ0) is 30.5. The summed E-state index contributed by atoms with van der Waals surface area (Å²) in [5.74, 6) is -1.97. The van der Waals surface area contributed by atoms with E-state index < -0.39 is 90.7 Å². The van der Waals surface area contributed by atoms with Crippen LogP contribution in [-0.2, 0) is 14.2 Å². The lowest BCUT2D eigenvalue weighted by Crippen LogP contribution is -2.61. The maximum atomic E-state index is 13.5. The smallest absolute Gasteiger partial charge is 0.239 e. The lowest BCUT2D eigenvalue weighted by atomic mass is 9.98. The minimum atomic E-state index is -1.92. The number of benzene rings is 2. The average molecular weight is 595 g/mol. The number of aliphatic hydroxyl groups excluding tert-OH is 6. The van der Waals surface area contributed by atoms with Gasteiger partial charge in [0.25, 0.3) is 0 Å². The van der Waals surface area contributed by atoms with E-state index in [4.69, 9.17) is 23.4 Å². The molecule has 3 heterocycles. The molecule has 2 saturated heterocycles. The van der Waals surface area contributed by atoms with Gasteiger partial charge in [-0.15, -0.1) is 0 Å². The van der Waals surface area contributed by atoms with Crippen LogP contribution >= 0.6 is 0 Å². The number of hydrogen-bond acceptors (Lipinski definition) is 15. The van der Waals surface area contributed by atoms with Gasteiger partial charge < -0.3 is 69.3 Å². The number of rotatable bonds is 6. The highest BCUT2D eigenvalue weighted by molar-refractivity contribution is 5.88. The zero-order valence-corrected chi connectivity index (χ0v) is 21.9. The van der Waals surface area contributed by atoms with E-state index in [1.165, 1.54) is 31.2 Å². The summed E-state index contributed by atoms with van der Waals surface area (Å²) < 4.78 is 28.0. The monoisotopic (exact) mass is 594 g/mol. The Kier molecular flexibility index (Phi) is 8.30. The van der Waals surface area contributed by atoms with E-state index in [-0.39, 0.29) is 28.0 Å². The first-order valence-electron chi connectivity index (χ1n) is 12.9. The van der Waals surface area contributed by atoms with Crippen LogP contribution < -0.4 is 10.2 Å². The molecule has 2 aliphatic rings. The Morgan fingerprint density at radius 1 is 0.762 bits per heavy atom. The third-order valence-corrected chi connectivity index (χ3v) is 7.18. The lowest BCUT2D eigenvalue weighted by Gasteiger charge is -2.42. The quantitative estimate of drug-likeness (QED) is 0.159. The first-order chi connectivity index (χ1) is 19.9. The molecule has 9 N–H and O–H groups in total. The van der Waals surface area contributed by atoms with Gasteiger partial charge in [0.2, 0.25) is 17.5 Å². The second-order valence-corrected chi connectivity index (χ2v) is 10.1. The largest absolute Gasteiger partial charge is 0.508 e. The molecule has 0 saturated carbocycles. The molecule has 3 aromatic rings. The molecule has 1 aromatic heterocycles. The Bertz CT molecular complexity index is 1470. The molecule has 5 rings (SSSR count). The maximum absolute atomic E-state index is 13.5. The summed E-state index contributed by atoms with van der Waals surface area (Å²) in [6.07, 6.45) is -15.8. The second-order valence-electron chi connectivity index (χ2n) is 10.1. The molecule has 2 aliphatic heterocycles. The molecule has 10 atom stereocenters. The van der Waals surface area contributed by atoms with Gasteiger partial charge in [-0.1, -0.05) is 0 Å². The lowest BCUT2D eigenvalue weighted by molar-refractivity contribution is -0.318. The minimum absolute atomic E-state index is 0.103. The molecule has 0 unspecified atom stereocenters. The van der Waals surface area contributed by atoms with Crippen molar-refractivity contribution < 1.29 is 69.3 Å². The van der Waals surface area contributed by atoms with Crippen LogP contribution in [0.3, 0.4) is 0 Å². The number of aliphatic hydroxyl groups is 6. The summed E-state index contributed by atoms with van der Waals surface area (Å²) >= 11 is 0. The Balaban J connectivity index is 1.46. The van der Waals surface area contributed by atoms with Gasteiger partial charge in [0.15, 0.2) is 12.1 Å². The van der Waals surface area contributed by atoms with Crippen LogP contribution in [0.15, 0.2) is 45.6 Å². The summed E-state index contributed by atoms with van der Waals surface area (Å²) in [4.78, 5) is 13.5. The molecular weight excluding hydrogens is 564 g/mol. The first-order valence-corrected chi connectivity index (χ1v) is 12.9. The molecule has 0 aliphatic carbocycles. The van der Waals surface area contributed by atoms with Crippen molar-refractivity contribution in [3.63, 3.8) is 0 Å². The molecular formula is C27H30O15. The van der Waals surface area contributed by atoms with E-state index >= 15 is 0 Å². The van der Waals surface area contributed by atoms with Crippen molar-refractivity contribution in [2.24, 2.45) is 0 Å². The van der Waals surface area contributed by atoms with Crippen LogP contribution in [0.4, 0.5) is 0 Å². The highest BCUT2D eigenvalue weighted by Gasteiger charge is 2.47. The third kappa shape index (κ3) is 5.49. The van der Waals surface area contributed by atoms with Crippen LogP contribution in [0.5, 0.6) is 23.0 Å². The molecule has 42 heavy (non-hydrogen) atoms. The van der Waals surface area contributed by atoms with Gasteiger partial charge in [-0.05, 0) is 31.2 Å². The Hall–Kier alpha value is -3.51. The number of phenolic OH excluding ortho intramolecular Hbond substituents is 3. The Labute approximate surface area is 236 Å². The van der Waals surface area contributed by atoms with E-state index in [0.717, 1.165) is 12.1 Å². The molecule has 15 heteroatoms. The van der Waals surface area contributed by atoms with Gasteiger partial charge in [0.05, 0.1) is 12.7 Å². The van der Waals surface area contributed by atoms with Gasteiger partial charge >= 0.3 is 0 Å². The molecule has 2 aromatic carbocycles. The van der Waals surface area contributed by atoms with Crippen molar-refractivity contribution >= 4 is 11.0 Å². The predicted octanol–water partition coefficient (Wildman–Crippen LogP) is -1.39. The van der Waals surface area contributed by atoms with Crippen LogP contribution in [0.2, 0.25) is 0 Å². The molecule has 2 fully saturated rings. The van der Waals surface area contributed by atoms with Crippen LogP contribution in [0.1, 0.15) is 6.92 Å². The molecule has 0 amide bonds. The van der Waals surface area contributed by atoms with Gasteiger partial charge in [0, 0.05) is 17.7 Å². The normalized spacial score (nSPS) is 33.5. The van der Waals surface area contributed by atoms with Crippen molar-refractivity contribution in [3.05, 3.63) is 46.6 Å². The number of fused-ring (bicyclic) bond motifs is 1. The summed E-state index contributed by atoms with van der Waals surface area (Å²) in [5.41, 5.74) is -0.956. The van der Waals surface area contributed by atoms with Gasteiger partial charge in [-0.2, -0.15) is 0 Å². The topological polar surface area (TPSA) is 249 Å². The van der Waals surface area contributed by atoms with Crippen molar-refractivity contribution in [3.8, 4) is 34.3 Å². The Morgan fingerprint density at radius 3 is 2.10 bits per heavy atom.